The molecule has 9 unspecified atom stereocenters. The highest BCUT2D eigenvalue weighted by Crippen LogP contribution is 2.56. The van der Waals surface area contributed by atoms with Crippen LogP contribution in [0.25, 0.3) is 21.7 Å². The van der Waals surface area contributed by atoms with E-state index in [1.807, 2.05) is 11.3 Å². The van der Waals surface area contributed by atoms with Gasteiger partial charge in [-0.05, 0) is 138 Å². The van der Waals surface area contributed by atoms with Crippen molar-refractivity contribution in [2.75, 3.05) is 0 Å². The van der Waals surface area contributed by atoms with Gasteiger partial charge < -0.3 is 5.32 Å². The molecule has 1 fully saturated rings. The molecule has 0 amide bonds. The zero-order valence-corrected chi connectivity index (χ0v) is 32.7. The molecule has 0 bridgehead atoms. The van der Waals surface area contributed by atoms with Gasteiger partial charge in [0.2, 0.25) is 0 Å². The number of hydrogen-bond donors (Lipinski definition) is 3. The van der Waals surface area contributed by atoms with E-state index in [-0.39, 0.29) is 12.3 Å². The van der Waals surface area contributed by atoms with Gasteiger partial charge in [0.25, 0.3) is 0 Å². The van der Waals surface area contributed by atoms with Crippen LogP contribution in [0.1, 0.15) is 98.7 Å². The van der Waals surface area contributed by atoms with Gasteiger partial charge in [0, 0.05) is 32.6 Å². The van der Waals surface area contributed by atoms with E-state index in [1.165, 1.54) is 82.3 Å². The van der Waals surface area contributed by atoms with E-state index < -0.39 is 0 Å². The second-order valence-electron chi connectivity index (χ2n) is 17.3. The molecular formula is C51H54N3S+. The molecule has 1 saturated heterocycles. The first-order valence-electron chi connectivity index (χ1n) is 21.5. The van der Waals surface area contributed by atoms with Gasteiger partial charge in [-0.1, -0.05) is 115 Å². The maximum Gasteiger partial charge on any atom is 0.168 e. The first kappa shape index (κ1) is 34.2. The lowest BCUT2D eigenvalue weighted by molar-refractivity contribution is -0.726. The van der Waals surface area contributed by atoms with E-state index in [9.17, 15) is 0 Å². The maximum absolute atomic E-state index is 4.28. The Morgan fingerprint density at radius 2 is 1.55 bits per heavy atom. The zero-order chi connectivity index (χ0) is 36.3. The highest BCUT2D eigenvalue weighted by molar-refractivity contribution is 7.17. The molecule has 0 radical (unpaired) electrons. The molecule has 0 spiro atoms. The number of benzene rings is 3. The molecule has 7 aliphatic rings. The molecule has 4 aromatic rings. The number of nitrogens with two attached hydrogens (primary N) is 1. The molecule has 0 saturated carbocycles. The van der Waals surface area contributed by atoms with Crippen LogP contribution in [0.3, 0.4) is 0 Å². The number of fused-ring (bicyclic) bond motifs is 9. The summed E-state index contributed by atoms with van der Waals surface area (Å²) in [5.41, 5.74) is 10.9. The Kier molecular flexibility index (Phi) is 9.00. The number of allylic oxidation sites excluding steroid dienone is 6. The minimum Gasteiger partial charge on any atom is -0.309 e. The molecule has 2 heterocycles. The van der Waals surface area contributed by atoms with Gasteiger partial charge in [-0.25, -0.2) is 10.6 Å². The number of thiophene rings is 1. The van der Waals surface area contributed by atoms with Crippen LogP contribution in [0.4, 0.5) is 0 Å². The molecule has 1 aromatic heterocycles. The van der Waals surface area contributed by atoms with Crippen molar-refractivity contribution in [3.8, 4) is 0 Å². The third-order valence-corrected chi connectivity index (χ3v) is 15.6. The smallest absolute Gasteiger partial charge is 0.168 e. The predicted molar refractivity (Wildman–Crippen MR) is 229 cm³/mol. The Bertz CT molecular complexity index is 2390. The Hall–Kier alpha value is -4.06. The largest absolute Gasteiger partial charge is 0.309 e. The summed E-state index contributed by atoms with van der Waals surface area (Å²) in [5, 5.41) is 14.0. The fourth-order valence-corrected chi connectivity index (χ4v) is 13.0. The second kappa shape index (κ2) is 14.5. The summed E-state index contributed by atoms with van der Waals surface area (Å²) in [6.45, 7) is 0. The summed E-state index contributed by atoms with van der Waals surface area (Å²) in [5.74, 6) is 2.90. The Balaban J connectivity index is 1.04. The van der Waals surface area contributed by atoms with Crippen LogP contribution in [0.15, 0.2) is 138 Å². The van der Waals surface area contributed by atoms with Crippen LogP contribution in [0.5, 0.6) is 0 Å². The normalized spacial score (nSPS) is 32.6. The summed E-state index contributed by atoms with van der Waals surface area (Å²) in [6.07, 6.45) is 33.6. The Morgan fingerprint density at radius 3 is 2.42 bits per heavy atom. The van der Waals surface area contributed by atoms with E-state index in [0.29, 0.717) is 41.7 Å². The third kappa shape index (κ3) is 6.12. The Labute approximate surface area is 330 Å². The van der Waals surface area contributed by atoms with E-state index >= 15 is 0 Å². The fraction of sp³-hybridized carbons (Fsp3) is 0.373. The number of quaternary nitrogens is 1. The van der Waals surface area contributed by atoms with Crippen molar-refractivity contribution in [2.45, 2.75) is 100 Å². The number of rotatable bonds is 5. The lowest BCUT2D eigenvalue weighted by Gasteiger charge is -2.48. The van der Waals surface area contributed by atoms with Gasteiger partial charge >= 0.3 is 0 Å². The molecule has 3 nitrogen and oxygen atoms in total. The van der Waals surface area contributed by atoms with E-state index in [1.54, 1.807) is 27.8 Å². The zero-order valence-electron chi connectivity index (χ0n) is 31.9. The van der Waals surface area contributed by atoms with Gasteiger partial charge in [-0.15, -0.1) is 11.3 Å². The van der Waals surface area contributed by atoms with Gasteiger partial charge in [-0.3, -0.25) is 0 Å². The molecule has 55 heavy (non-hydrogen) atoms. The van der Waals surface area contributed by atoms with Crippen LogP contribution in [-0.4, -0.2) is 18.5 Å². The molecule has 11 rings (SSSR count). The molecule has 3 aromatic carbocycles. The van der Waals surface area contributed by atoms with E-state index in [0.717, 1.165) is 12.8 Å². The summed E-state index contributed by atoms with van der Waals surface area (Å²) >= 11 is 2.03. The highest BCUT2D eigenvalue weighted by Gasteiger charge is 2.47. The topological polar surface area (TPSA) is 40.7 Å². The van der Waals surface area contributed by atoms with Crippen molar-refractivity contribution in [3.05, 3.63) is 165 Å². The quantitative estimate of drug-likeness (QED) is 0.179. The molecule has 4 N–H and O–H groups in total. The van der Waals surface area contributed by atoms with Crippen molar-refractivity contribution in [3.63, 3.8) is 0 Å². The van der Waals surface area contributed by atoms with Crippen molar-refractivity contribution in [1.29, 1.82) is 0 Å². The molecule has 9 atom stereocenters. The summed E-state index contributed by atoms with van der Waals surface area (Å²) in [7, 11) is 0. The molecular weight excluding hydrogens is 687 g/mol. The van der Waals surface area contributed by atoms with Crippen LogP contribution in [0, 0.1) is 17.8 Å². The third-order valence-electron chi connectivity index (χ3n) is 14.3. The van der Waals surface area contributed by atoms with Crippen LogP contribution in [0.2, 0.25) is 0 Å². The van der Waals surface area contributed by atoms with Gasteiger partial charge in [0.15, 0.2) is 12.3 Å². The highest BCUT2D eigenvalue weighted by atomic mass is 32.1. The summed E-state index contributed by atoms with van der Waals surface area (Å²) in [4.78, 5) is 0. The minimum absolute atomic E-state index is 0.191. The first-order chi connectivity index (χ1) is 27.3. The number of nitrogens with one attached hydrogen (secondary N) is 2. The second-order valence-corrected chi connectivity index (χ2v) is 18.4. The lowest BCUT2D eigenvalue weighted by atomic mass is 9.57. The van der Waals surface area contributed by atoms with E-state index in [4.69, 9.17) is 0 Å². The van der Waals surface area contributed by atoms with Crippen molar-refractivity contribution in [1.82, 2.24) is 10.6 Å². The summed E-state index contributed by atoms with van der Waals surface area (Å²) in [6, 6.07) is 29.8. The predicted octanol–water partition coefficient (Wildman–Crippen LogP) is 8.94. The fourth-order valence-electron chi connectivity index (χ4n) is 11.7. The molecule has 1 aliphatic heterocycles. The average Bonchev–Trinajstić information content (AvgIpc) is 3.66. The van der Waals surface area contributed by atoms with Gasteiger partial charge in [0.05, 0.1) is 6.17 Å². The SMILES string of the molecule is C1=CC2C(CC1)c1ccccc1C1C(C3=c4sc5ccccc5c4=CCC3)=CC(C3NC(C4C=CC(c5ccccc5)CC4)NC(C4=CCCCC4)[NH2+]3)=CC12. The minimum atomic E-state index is 0.191. The molecule has 278 valence electrons. The number of hydrogen-bond acceptors (Lipinski definition) is 3. The Morgan fingerprint density at radius 1 is 0.691 bits per heavy atom. The average molecular weight is 741 g/mol. The summed E-state index contributed by atoms with van der Waals surface area (Å²) < 4.78 is 2.93. The van der Waals surface area contributed by atoms with Crippen molar-refractivity contribution >= 4 is 33.1 Å². The molecule has 4 heteroatoms. The van der Waals surface area contributed by atoms with Gasteiger partial charge in [-0.2, -0.15) is 0 Å². The van der Waals surface area contributed by atoms with Crippen LogP contribution in [-0.2, 0) is 0 Å². The molecule has 6 aliphatic carbocycles. The first-order valence-corrected chi connectivity index (χ1v) is 22.3. The van der Waals surface area contributed by atoms with Crippen LogP contribution >= 0.6 is 11.3 Å². The van der Waals surface area contributed by atoms with Gasteiger partial charge in [0.1, 0.15) is 0 Å². The van der Waals surface area contributed by atoms with Crippen LogP contribution < -0.4 is 25.7 Å². The van der Waals surface area contributed by atoms with Crippen molar-refractivity contribution in [2.24, 2.45) is 17.8 Å². The van der Waals surface area contributed by atoms with Crippen molar-refractivity contribution < 1.29 is 5.32 Å². The standard InChI is InChI=1S/C51H53N3S/c1-3-14-32(15-4-1)33-26-28-35(29-27-33)50-52-49(34-16-5-2-6-17-34)53-51(54-50)36-30-44-39-20-8-7-18-37(39)38-19-9-10-22-41(38)47(44)45(31-36)43-24-13-23-42-40-21-11-12-25-46(40)55-48(42)43/h1,3-4,8-12,14-16,19-23,25-26,28,30-31,33,35,37,39,44,47,49-54H,2,5-7,13,17-18,24,27,29H2/p+1. The maximum atomic E-state index is 4.28. The monoisotopic (exact) mass is 740 g/mol. The van der Waals surface area contributed by atoms with E-state index in [2.05, 4.69) is 143 Å². The lowest BCUT2D eigenvalue weighted by Crippen LogP contribution is -3.05.